The molecule has 2 amide bonds. The van der Waals surface area contributed by atoms with Crippen molar-refractivity contribution in [1.82, 2.24) is 9.88 Å². The zero-order valence-corrected chi connectivity index (χ0v) is 14.3. The molecule has 1 aromatic heterocycles. The van der Waals surface area contributed by atoms with E-state index in [1.54, 1.807) is 0 Å². The molecule has 3 heterocycles. The minimum absolute atomic E-state index is 0.0123. The monoisotopic (exact) mass is 333 g/mol. The summed E-state index contributed by atoms with van der Waals surface area (Å²) in [6, 6.07) is 1.76. The minimum Gasteiger partial charge on any atom is -0.465 e. The van der Waals surface area contributed by atoms with E-state index < -0.39 is 6.09 Å². The molecule has 8 nitrogen and oxygen atoms in total. The fourth-order valence-electron chi connectivity index (χ4n) is 3.37. The largest absolute Gasteiger partial charge is 0.465 e. The average molecular weight is 333 g/mol. The fourth-order valence-corrected chi connectivity index (χ4v) is 3.37. The molecule has 0 aromatic carbocycles. The number of hydrogen-bond donors (Lipinski definition) is 3. The van der Waals surface area contributed by atoms with Crippen LogP contribution < -0.4 is 15.5 Å². The number of aryl methyl sites for hydroxylation is 1. The lowest BCUT2D eigenvalue weighted by atomic mass is 9.98. The molecule has 3 rings (SSSR count). The number of carbonyl (C=O) groups is 2. The van der Waals surface area contributed by atoms with Gasteiger partial charge >= 0.3 is 6.09 Å². The lowest BCUT2D eigenvalue weighted by molar-refractivity contribution is -0.118. The Morgan fingerprint density at radius 3 is 2.71 bits per heavy atom. The van der Waals surface area contributed by atoms with Crippen LogP contribution in [0, 0.1) is 12.8 Å². The Kier molecular flexibility index (Phi) is 3.98. The number of nitrogens with one attached hydrogen (secondary N) is 2. The highest BCUT2D eigenvalue weighted by Crippen LogP contribution is 2.36. The van der Waals surface area contributed by atoms with Crippen LogP contribution in [-0.2, 0) is 4.79 Å². The van der Waals surface area contributed by atoms with Crippen LogP contribution in [0.1, 0.15) is 19.5 Å². The number of hydrogen-bond acceptors (Lipinski definition) is 5. The predicted molar refractivity (Wildman–Crippen MR) is 91.6 cm³/mol. The highest BCUT2D eigenvalue weighted by molar-refractivity contribution is 6.04. The van der Waals surface area contributed by atoms with E-state index in [-0.39, 0.29) is 23.9 Å². The molecule has 1 atom stereocenters. The second-order valence-corrected chi connectivity index (χ2v) is 6.80. The summed E-state index contributed by atoms with van der Waals surface area (Å²) in [5.41, 5.74) is 2.41. The number of nitrogens with zero attached hydrogens (tertiary/aromatic N) is 3. The van der Waals surface area contributed by atoms with Crippen molar-refractivity contribution in [3.05, 3.63) is 11.8 Å². The second kappa shape index (κ2) is 5.85. The lowest BCUT2D eigenvalue weighted by Gasteiger charge is -2.39. The minimum atomic E-state index is -0.898. The second-order valence-electron chi connectivity index (χ2n) is 6.80. The number of rotatable bonds is 3. The van der Waals surface area contributed by atoms with Gasteiger partial charge in [-0.2, -0.15) is 0 Å². The van der Waals surface area contributed by atoms with E-state index in [0.29, 0.717) is 18.9 Å². The number of likely N-dealkylation sites (N-methyl/N-ethyl adjacent to an activating group) is 1. The number of carboxylic acid groups (broad SMARTS) is 1. The highest BCUT2D eigenvalue weighted by Gasteiger charge is 2.35. The molecule has 1 fully saturated rings. The molecule has 2 aliphatic rings. The zero-order chi connectivity index (χ0) is 17.6. The number of aromatic nitrogens is 1. The first-order valence-electron chi connectivity index (χ1n) is 8.07. The molecular formula is C16H23N5O3. The van der Waals surface area contributed by atoms with E-state index in [1.165, 1.54) is 4.90 Å². The van der Waals surface area contributed by atoms with E-state index in [4.69, 9.17) is 5.11 Å². The van der Waals surface area contributed by atoms with Crippen LogP contribution in [0.2, 0.25) is 0 Å². The Morgan fingerprint density at radius 2 is 2.12 bits per heavy atom. The third-order valence-corrected chi connectivity index (χ3v) is 4.63. The molecule has 1 saturated heterocycles. The lowest BCUT2D eigenvalue weighted by Crippen LogP contribution is -2.56. The van der Waals surface area contributed by atoms with Crippen LogP contribution in [0.25, 0.3) is 0 Å². The first kappa shape index (κ1) is 16.4. The maximum Gasteiger partial charge on any atom is 0.407 e. The molecule has 0 spiro atoms. The van der Waals surface area contributed by atoms with Crippen molar-refractivity contribution in [2.24, 2.45) is 5.92 Å². The number of amides is 2. The molecule has 8 heteroatoms. The molecule has 1 unspecified atom stereocenters. The van der Waals surface area contributed by atoms with E-state index in [0.717, 1.165) is 17.1 Å². The third kappa shape index (κ3) is 2.72. The van der Waals surface area contributed by atoms with Crippen LogP contribution in [0.4, 0.5) is 22.0 Å². The molecule has 0 aliphatic carbocycles. The van der Waals surface area contributed by atoms with Gasteiger partial charge in [0.2, 0.25) is 5.91 Å². The molecule has 0 radical (unpaired) electrons. The topological polar surface area (TPSA) is 97.8 Å². The van der Waals surface area contributed by atoms with Crippen LogP contribution in [0.15, 0.2) is 6.07 Å². The summed E-state index contributed by atoms with van der Waals surface area (Å²) in [4.78, 5) is 31.0. The van der Waals surface area contributed by atoms with Crippen LogP contribution in [0.5, 0.6) is 0 Å². The summed E-state index contributed by atoms with van der Waals surface area (Å²) in [5, 5.41) is 15.1. The predicted octanol–water partition coefficient (Wildman–Crippen LogP) is 1.58. The van der Waals surface area contributed by atoms with Crippen molar-refractivity contribution < 1.29 is 14.7 Å². The van der Waals surface area contributed by atoms with Crippen molar-refractivity contribution in [1.29, 1.82) is 0 Å². The standard InChI is InChI=1S/C16H23N5O3/c1-8(2)14-15(22)19-13-9(3)17-12(5-11(13)20(14)4)18-10-6-21(7-10)16(23)24/h5,8,10,14H,6-7H2,1-4H3,(H,17,18)(H,19,22)(H,23,24). The van der Waals surface area contributed by atoms with Gasteiger partial charge in [-0.25, -0.2) is 9.78 Å². The van der Waals surface area contributed by atoms with Crippen molar-refractivity contribution in [3.63, 3.8) is 0 Å². The number of anilines is 3. The van der Waals surface area contributed by atoms with Crippen LogP contribution in [0.3, 0.4) is 0 Å². The van der Waals surface area contributed by atoms with Gasteiger partial charge in [0, 0.05) is 26.2 Å². The summed E-state index contributed by atoms with van der Waals surface area (Å²) < 4.78 is 0. The van der Waals surface area contributed by atoms with Gasteiger partial charge in [-0.05, 0) is 12.8 Å². The van der Waals surface area contributed by atoms with Crippen molar-refractivity contribution in [2.75, 3.05) is 35.7 Å². The summed E-state index contributed by atoms with van der Waals surface area (Å²) in [5.74, 6) is 0.872. The van der Waals surface area contributed by atoms with Gasteiger partial charge in [0.25, 0.3) is 0 Å². The number of pyridine rings is 1. The van der Waals surface area contributed by atoms with Crippen LogP contribution >= 0.6 is 0 Å². The Labute approximate surface area is 140 Å². The maximum atomic E-state index is 12.3. The molecule has 3 N–H and O–H groups in total. The van der Waals surface area contributed by atoms with E-state index in [1.807, 2.05) is 38.8 Å². The van der Waals surface area contributed by atoms with Crippen molar-refractivity contribution in [2.45, 2.75) is 32.9 Å². The zero-order valence-electron chi connectivity index (χ0n) is 14.3. The third-order valence-electron chi connectivity index (χ3n) is 4.63. The van der Waals surface area contributed by atoms with Crippen molar-refractivity contribution in [3.8, 4) is 0 Å². The molecule has 0 saturated carbocycles. The number of likely N-dealkylation sites (tertiary alicyclic amines) is 1. The summed E-state index contributed by atoms with van der Waals surface area (Å²) in [7, 11) is 1.92. The number of carbonyl (C=O) groups excluding carboxylic acids is 1. The quantitative estimate of drug-likeness (QED) is 0.777. The smallest absolute Gasteiger partial charge is 0.407 e. The van der Waals surface area contributed by atoms with Gasteiger partial charge in [0.1, 0.15) is 11.9 Å². The normalized spacial score (nSPS) is 20.5. The molecule has 130 valence electrons. The van der Waals surface area contributed by atoms with Gasteiger partial charge in [0.15, 0.2) is 0 Å². The summed E-state index contributed by atoms with van der Waals surface area (Å²) in [6.45, 7) is 6.81. The fraction of sp³-hybridized carbons (Fsp3) is 0.562. The molecule has 0 bridgehead atoms. The SMILES string of the molecule is Cc1nc(NC2CN(C(=O)O)C2)cc2c1NC(=O)C(C(C)C)N2C. The van der Waals surface area contributed by atoms with Crippen LogP contribution in [-0.4, -0.2) is 59.2 Å². The van der Waals surface area contributed by atoms with E-state index in [2.05, 4.69) is 15.6 Å². The Balaban J connectivity index is 1.82. The van der Waals surface area contributed by atoms with Gasteiger partial charge in [-0.15, -0.1) is 0 Å². The maximum absolute atomic E-state index is 12.3. The summed E-state index contributed by atoms with van der Waals surface area (Å²) >= 11 is 0. The van der Waals surface area contributed by atoms with Gasteiger partial charge in [-0.3, -0.25) is 4.79 Å². The first-order chi connectivity index (χ1) is 11.3. The van der Waals surface area contributed by atoms with E-state index in [9.17, 15) is 9.59 Å². The molecule has 24 heavy (non-hydrogen) atoms. The average Bonchev–Trinajstić information content (AvgIpc) is 2.43. The van der Waals surface area contributed by atoms with Gasteiger partial charge in [-0.1, -0.05) is 13.8 Å². The summed E-state index contributed by atoms with van der Waals surface area (Å²) in [6.07, 6.45) is -0.898. The Morgan fingerprint density at radius 1 is 1.46 bits per heavy atom. The molecule has 1 aromatic rings. The number of fused-ring (bicyclic) bond motifs is 1. The van der Waals surface area contributed by atoms with Crippen molar-refractivity contribution >= 4 is 29.2 Å². The molecule has 2 aliphatic heterocycles. The molecular weight excluding hydrogens is 310 g/mol. The van der Waals surface area contributed by atoms with Gasteiger partial charge < -0.3 is 25.5 Å². The Hall–Kier alpha value is -2.51. The first-order valence-corrected chi connectivity index (χ1v) is 8.07. The Bertz CT molecular complexity index is 685. The highest BCUT2D eigenvalue weighted by atomic mass is 16.4. The van der Waals surface area contributed by atoms with Gasteiger partial charge in [0.05, 0.1) is 23.1 Å². The van der Waals surface area contributed by atoms with E-state index >= 15 is 0 Å².